The van der Waals surface area contributed by atoms with Crippen LogP contribution in [0, 0.1) is 6.92 Å². The summed E-state index contributed by atoms with van der Waals surface area (Å²) in [6.45, 7) is 1.85. The quantitative estimate of drug-likeness (QED) is 0.504. The molecule has 146 valence electrons. The number of hydrogen-bond donors (Lipinski definition) is 0. The number of pyridine rings is 2. The Morgan fingerprint density at radius 3 is 2.41 bits per heavy atom. The second kappa shape index (κ2) is 6.56. The minimum absolute atomic E-state index is 0.0240. The van der Waals surface area contributed by atoms with E-state index in [1.165, 1.54) is 5.56 Å². The summed E-state index contributed by atoms with van der Waals surface area (Å²) in [6.07, 6.45) is 7.20. The molecule has 1 aliphatic carbocycles. The van der Waals surface area contributed by atoms with Crippen LogP contribution in [0.15, 0.2) is 59.7 Å². The van der Waals surface area contributed by atoms with Crippen molar-refractivity contribution in [2.75, 3.05) is 0 Å². The molecule has 3 heterocycles. The third kappa shape index (κ3) is 2.80. The molecule has 29 heavy (non-hydrogen) atoms. The van der Waals surface area contributed by atoms with Gasteiger partial charge in [0.05, 0.1) is 5.41 Å². The van der Waals surface area contributed by atoms with Crippen LogP contribution in [0.5, 0.6) is 0 Å². The Hall–Kier alpha value is -2.92. The monoisotopic (exact) mass is 404 g/mol. The van der Waals surface area contributed by atoms with Crippen LogP contribution in [0.2, 0.25) is 5.02 Å². The van der Waals surface area contributed by atoms with Gasteiger partial charge in [-0.05, 0) is 66.8 Å². The van der Waals surface area contributed by atoms with Crippen LogP contribution < -0.4 is 5.56 Å². The number of nitrogens with zero attached hydrogens (tertiary/aromatic N) is 4. The Kier molecular flexibility index (Phi) is 4.10. The molecular formula is C23H21ClN4O. The van der Waals surface area contributed by atoms with E-state index in [4.69, 9.17) is 11.6 Å². The van der Waals surface area contributed by atoms with Crippen molar-refractivity contribution in [3.05, 3.63) is 87.2 Å². The highest BCUT2D eigenvalue weighted by atomic mass is 35.5. The summed E-state index contributed by atoms with van der Waals surface area (Å²) in [5.74, 6) is 0.962. The van der Waals surface area contributed by atoms with Crippen molar-refractivity contribution in [3.63, 3.8) is 0 Å². The molecule has 0 N–H and O–H groups in total. The Morgan fingerprint density at radius 2 is 1.76 bits per heavy atom. The van der Waals surface area contributed by atoms with Crippen molar-refractivity contribution in [1.82, 2.24) is 19.2 Å². The molecule has 1 saturated carbocycles. The molecule has 0 radical (unpaired) electrons. The SMILES string of the molecule is Cc1cc(-c2ccc3nnc(C4(c5ccc(Cl)cc5)CCC4)n3c2)cn(C)c1=O. The summed E-state index contributed by atoms with van der Waals surface area (Å²) in [4.78, 5) is 12.1. The molecule has 6 heteroatoms. The first kappa shape index (κ1) is 18.1. The predicted molar refractivity (Wildman–Crippen MR) is 114 cm³/mol. The second-order valence-electron chi connectivity index (χ2n) is 7.94. The van der Waals surface area contributed by atoms with E-state index in [1.54, 1.807) is 11.6 Å². The largest absolute Gasteiger partial charge is 0.318 e. The van der Waals surface area contributed by atoms with Crippen LogP contribution in [-0.2, 0) is 12.5 Å². The third-order valence-corrected chi connectivity index (χ3v) is 6.38. The number of aromatic nitrogens is 4. The van der Waals surface area contributed by atoms with Crippen LogP contribution in [0.3, 0.4) is 0 Å². The van der Waals surface area contributed by atoms with Gasteiger partial charge in [-0.15, -0.1) is 10.2 Å². The maximum Gasteiger partial charge on any atom is 0.253 e. The summed E-state index contributed by atoms with van der Waals surface area (Å²) in [5.41, 5.74) is 4.70. The van der Waals surface area contributed by atoms with Crippen molar-refractivity contribution in [2.45, 2.75) is 31.6 Å². The molecule has 4 aromatic rings. The van der Waals surface area contributed by atoms with E-state index in [1.807, 2.05) is 43.5 Å². The first-order chi connectivity index (χ1) is 14.0. The van der Waals surface area contributed by atoms with Gasteiger partial charge in [-0.2, -0.15) is 0 Å². The summed E-state index contributed by atoms with van der Waals surface area (Å²) >= 11 is 6.11. The standard InChI is InChI=1S/C23H21ClN4O/c1-15-12-17(13-27(2)21(15)29)16-4-9-20-25-26-22(28(20)14-16)23(10-3-11-23)18-5-7-19(24)8-6-18/h4-9,12-14H,3,10-11H2,1-2H3. The van der Waals surface area contributed by atoms with Gasteiger partial charge >= 0.3 is 0 Å². The van der Waals surface area contributed by atoms with Crippen LogP contribution in [0.25, 0.3) is 16.8 Å². The molecule has 1 aliphatic rings. The number of benzene rings is 1. The topological polar surface area (TPSA) is 52.2 Å². The molecule has 0 aliphatic heterocycles. The maximum atomic E-state index is 12.1. The average Bonchev–Trinajstić information content (AvgIpc) is 3.10. The van der Waals surface area contributed by atoms with E-state index in [-0.39, 0.29) is 11.0 Å². The van der Waals surface area contributed by atoms with E-state index in [0.29, 0.717) is 0 Å². The fourth-order valence-corrected chi connectivity index (χ4v) is 4.49. The third-order valence-electron chi connectivity index (χ3n) is 6.13. The molecular weight excluding hydrogens is 384 g/mol. The highest BCUT2D eigenvalue weighted by molar-refractivity contribution is 6.30. The van der Waals surface area contributed by atoms with Crippen LogP contribution in [0.4, 0.5) is 0 Å². The van der Waals surface area contributed by atoms with Crippen molar-refractivity contribution >= 4 is 17.2 Å². The van der Waals surface area contributed by atoms with E-state index in [9.17, 15) is 4.79 Å². The van der Waals surface area contributed by atoms with Gasteiger partial charge in [-0.25, -0.2) is 0 Å². The summed E-state index contributed by atoms with van der Waals surface area (Å²) in [6, 6.07) is 14.0. The minimum atomic E-state index is -0.137. The molecule has 1 aromatic carbocycles. The molecule has 0 unspecified atom stereocenters. The van der Waals surface area contributed by atoms with Crippen molar-refractivity contribution in [1.29, 1.82) is 0 Å². The number of rotatable bonds is 3. The maximum absolute atomic E-state index is 12.1. The Morgan fingerprint density at radius 1 is 1.00 bits per heavy atom. The van der Waals surface area contributed by atoms with E-state index in [0.717, 1.165) is 52.4 Å². The van der Waals surface area contributed by atoms with Crippen LogP contribution >= 0.6 is 11.6 Å². The van der Waals surface area contributed by atoms with Crippen LogP contribution in [-0.4, -0.2) is 19.2 Å². The summed E-state index contributed by atoms with van der Waals surface area (Å²) < 4.78 is 3.73. The van der Waals surface area contributed by atoms with E-state index < -0.39 is 0 Å². The Balaban J connectivity index is 1.67. The lowest BCUT2D eigenvalue weighted by atomic mass is 9.64. The zero-order chi connectivity index (χ0) is 20.2. The Labute approximate surface area is 173 Å². The lowest BCUT2D eigenvalue weighted by molar-refractivity contribution is 0.283. The fraction of sp³-hybridized carbons (Fsp3) is 0.261. The molecule has 0 spiro atoms. The van der Waals surface area contributed by atoms with Gasteiger partial charge in [0.1, 0.15) is 5.82 Å². The zero-order valence-electron chi connectivity index (χ0n) is 16.4. The highest BCUT2D eigenvalue weighted by Gasteiger charge is 2.44. The summed E-state index contributed by atoms with van der Waals surface area (Å²) in [7, 11) is 1.78. The predicted octanol–water partition coefficient (Wildman–Crippen LogP) is 4.53. The minimum Gasteiger partial charge on any atom is -0.318 e. The smallest absolute Gasteiger partial charge is 0.253 e. The highest BCUT2D eigenvalue weighted by Crippen LogP contribution is 2.48. The normalized spacial score (nSPS) is 15.4. The van der Waals surface area contributed by atoms with Gasteiger partial charge in [-0.1, -0.05) is 30.2 Å². The lowest BCUT2D eigenvalue weighted by Crippen LogP contribution is -2.37. The first-order valence-electron chi connectivity index (χ1n) is 9.77. The zero-order valence-corrected chi connectivity index (χ0v) is 17.1. The van der Waals surface area contributed by atoms with Gasteiger partial charge in [0.25, 0.3) is 5.56 Å². The molecule has 5 nitrogen and oxygen atoms in total. The van der Waals surface area contributed by atoms with Gasteiger partial charge in [0.15, 0.2) is 5.65 Å². The number of hydrogen-bond acceptors (Lipinski definition) is 3. The Bertz CT molecular complexity index is 1260. The second-order valence-corrected chi connectivity index (χ2v) is 8.38. The molecule has 0 bridgehead atoms. The van der Waals surface area contributed by atoms with E-state index >= 15 is 0 Å². The summed E-state index contributed by atoms with van der Waals surface area (Å²) in [5, 5.41) is 9.76. The molecule has 0 saturated heterocycles. The molecule has 5 rings (SSSR count). The average molecular weight is 405 g/mol. The van der Waals surface area contributed by atoms with Gasteiger partial charge < -0.3 is 4.57 Å². The number of fused-ring (bicyclic) bond motifs is 1. The first-order valence-corrected chi connectivity index (χ1v) is 10.1. The number of aryl methyl sites for hydroxylation is 2. The van der Waals surface area contributed by atoms with Gasteiger partial charge in [0.2, 0.25) is 0 Å². The molecule has 0 amide bonds. The van der Waals surface area contributed by atoms with Gasteiger partial charge in [0, 0.05) is 30.0 Å². The molecule has 0 atom stereocenters. The van der Waals surface area contributed by atoms with Crippen molar-refractivity contribution in [2.24, 2.45) is 7.05 Å². The van der Waals surface area contributed by atoms with Crippen molar-refractivity contribution in [3.8, 4) is 11.1 Å². The van der Waals surface area contributed by atoms with E-state index in [2.05, 4.69) is 32.9 Å². The fourth-order valence-electron chi connectivity index (χ4n) is 4.36. The van der Waals surface area contributed by atoms with Crippen LogP contribution in [0.1, 0.15) is 36.2 Å². The van der Waals surface area contributed by atoms with Crippen molar-refractivity contribution < 1.29 is 0 Å². The number of halogens is 1. The molecule has 1 fully saturated rings. The lowest BCUT2D eigenvalue weighted by Gasteiger charge is -2.40. The van der Waals surface area contributed by atoms with Gasteiger partial charge in [-0.3, -0.25) is 9.20 Å². The molecule has 3 aromatic heterocycles.